The number of carbonyl (C=O) groups is 2. The molecule has 0 aromatic carbocycles. The molecule has 30 heavy (non-hydrogen) atoms. The first-order valence-electron chi connectivity index (χ1n) is 9.85. The number of halogens is 3. The van der Waals surface area contributed by atoms with E-state index >= 15 is 0 Å². The van der Waals surface area contributed by atoms with Gasteiger partial charge in [0.05, 0.1) is 13.2 Å². The quantitative estimate of drug-likeness (QED) is 0.775. The molecule has 0 aliphatic carbocycles. The van der Waals surface area contributed by atoms with Crippen LogP contribution in [0.1, 0.15) is 37.0 Å². The van der Waals surface area contributed by atoms with Gasteiger partial charge in [-0.3, -0.25) is 14.7 Å². The van der Waals surface area contributed by atoms with E-state index < -0.39 is 12.1 Å². The van der Waals surface area contributed by atoms with Gasteiger partial charge in [-0.25, -0.2) is 4.79 Å². The molecule has 1 atom stereocenters. The van der Waals surface area contributed by atoms with Gasteiger partial charge in [-0.05, 0) is 38.8 Å². The number of alkyl halides is 3. The summed E-state index contributed by atoms with van der Waals surface area (Å²) in [5, 5.41) is 7.12. The van der Waals surface area contributed by atoms with Gasteiger partial charge in [-0.15, -0.1) is 0 Å². The van der Waals surface area contributed by atoms with E-state index in [-0.39, 0.29) is 11.3 Å². The van der Waals surface area contributed by atoms with Gasteiger partial charge in [0, 0.05) is 55.6 Å². The first kappa shape index (κ1) is 24.1. The van der Waals surface area contributed by atoms with Crippen LogP contribution in [0.4, 0.5) is 13.2 Å². The third-order valence-corrected chi connectivity index (χ3v) is 5.32. The predicted octanol–water partition coefficient (Wildman–Crippen LogP) is 2.68. The van der Waals surface area contributed by atoms with E-state index in [9.17, 15) is 18.0 Å². The lowest BCUT2D eigenvalue weighted by Crippen LogP contribution is -2.53. The monoisotopic (exact) mass is 431 g/mol. The van der Waals surface area contributed by atoms with E-state index in [1.807, 2.05) is 4.90 Å². The van der Waals surface area contributed by atoms with Crippen LogP contribution in [-0.4, -0.2) is 83.4 Å². The molecule has 1 amide bonds. The fourth-order valence-electron chi connectivity index (χ4n) is 3.77. The summed E-state index contributed by atoms with van der Waals surface area (Å²) in [7, 11) is 0. The van der Waals surface area contributed by atoms with Gasteiger partial charge in [0.25, 0.3) is 5.91 Å². The second kappa shape index (κ2) is 10.2. The largest absolute Gasteiger partial charge is 0.490 e. The molecule has 0 radical (unpaired) electrons. The van der Waals surface area contributed by atoms with E-state index in [2.05, 4.69) is 23.7 Å². The summed E-state index contributed by atoms with van der Waals surface area (Å²) < 4.78 is 37.6. The van der Waals surface area contributed by atoms with Crippen molar-refractivity contribution < 1.29 is 32.6 Å². The Balaban J connectivity index is 0.000000396. The maximum absolute atomic E-state index is 12.8. The molecule has 3 rings (SSSR count). The van der Waals surface area contributed by atoms with Crippen molar-refractivity contribution in [2.75, 3.05) is 39.4 Å². The van der Waals surface area contributed by atoms with Gasteiger partial charge >= 0.3 is 12.1 Å². The number of likely N-dealkylation sites (tertiary alicyclic amines) is 1. The fourth-order valence-corrected chi connectivity index (χ4v) is 3.77. The van der Waals surface area contributed by atoms with Crippen molar-refractivity contribution in [2.24, 2.45) is 5.41 Å². The molecular formula is C20H28F3N3O4. The summed E-state index contributed by atoms with van der Waals surface area (Å²) in [6.45, 7) is 9.66. The second-order valence-electron chi connectivity index (χ2n) is 7.99. The van der Waals surface area contributed by atoms with Crippen LogP contribution < -0.4 is 0 Å². The van der Waals surface area contributed by atoms with E-state index in [4.69, 9.17) is 14.6 Å². The molecule has 7 nitrogen and oxygen atoms in total. The molecule has 168 valence electrons. The molecule has 1 unspecified atom stereocenters. The zero-order chi connectivity index (χ0) is 22.4. The summed E-state index contributed by atoms with van der Waals surface area (Å²) >= 11 is 0. The van der Waals surface area contributed by atoms with Crippen LogP contribution in [0.25, 0.3) is 0 Å². The molecule has 2 aliphatic heterocycles. The average Bonchev–Trinajstić information content (AvgIpc) is 2.90. The smallest absolute Gasteiger partial charge is 0.475 e. The number of piperidine rings is 1. The number of aromatic nitrogens is 1. The Morgan fingerprint density at radius 2 is 1.83 bits per heavy atom. The van der Waals surface area contributed by atoms with Gasteiger partial charge in [-0.2, -0.15) is 13.2 Å². The number of pyridine rings is 1. The van der Waals surface area contributed by atoms with Crippen molar-refractivity contribution in [1.29, 1.82) is 0 Å². The highest BCUT2D eigenvalue weighted by molar-refractivity contribution is 5.94. The molecule has 1 N–H and O–H groups in total. The molecule has 3 heterocycles. The molecule has 2 aliphatic rings. The maximum Gasteiger partial charge on any atom is 0.490 e. The highest BCUT2D eigenvalue weighted by Gasteiger charge is 2.41. The van der Waals surface area contributed by atoms with Crippen LogP contribution >= 0.6 is 0 Å². The number of ether oxygens (including phenoxy) is 1. The topological polar surface area (TPSA) is 83.0 Å². The van der Waals surface area contributed by atoms with Crippen LogP contribution in [0.3, 0.4) is 0 Å². The summed E-state index contributed by atoms with van der Waals surface area (Å²) in [4.78, 5) is 30.2. The van der Waals surface area contributed by atoms with E-state index in [0.717, 1.165) is 57.8 Å². The minimum absolute atomic E-state index is 0.0711. The third-order valence-electron chi connectivity index (χ3n) is 5.32. The molecule has 10 heteroatoms. The summed E-state index contributed by atoms with van der Waals surface area (Å²) in [5.41, 5.74) is 0.800. The Hall–Kier alpha value is -2.20. The zero-order valence-electron chi connectivity index (χ0n) is 17.2. The summed E-state index contributed by atoms with van der Waals surface area (Å²) in [6, 6.07) is 4.11. The second-order valence-corrected chi connectivity index (χ2v) is 7.99. The lowest BCUT2D eigenvalue weighted by Gasteiger charge is -2.44. The lowest BCUT2D eigenvalue weighted by molar-refractivity contribution is -0.192. The summed E-state index contributed by atoms with van der Waals surface area (Å²) in [6.07, 6.45) is 0.465. The zero-order valence-corrected chi connectivity index (χ0v) is 17.2. The Bertz CT molecular complexity index is 715. The van der Waals surface area contributed by atoms with Crippen molar-refractivity contribution in [2.45, 2.75) is 38.9 Å². The predicted molar refractivity (Wildman–Crippen MR) is 103 cm³/mol. The molecule has 1 aromatic rings. The van der Waals surface area contributed by atoms with Gasteiger partial charge in [0.1, 0.15) is 0 Å². The molecule has 2 saturated heterocycles. The Kier molecular flexibility index (Phi) is 8.19. The molecule has 1 spiro atoms. The van der Waals surface area contributed by atoms with E-state index in [0.29, 0.717) is 6.04 Å². The highest BCUT2D eigenvalue weighted by atomic mass is 19.4. The number of carboxylic acid groups (broad SMARTS) is 1. The first-order chi connectivity index (χ1) is 14.0. The lowest BCUT2D eigenvalue weighted by atomic mass is 9.79. The van der Waals surface area contributed by atoms with Gasteiger partial charge in [-0.1, -0.05) is 0 Å². The Morgan fingerprint density at radius 3 is 2.40 bits per heavy atom. The molecule has 0 bridgehead atoms. The number of nitrogens with zero attached hydrogens (tertiary/aromatic N) is 3. The number of carboxylic acids is 1. The normalized spacial score (nSPS) is 22.9. The number of hydrogen-bond donors (Lipinski definition) is 1. The summed E-state index contributed by atoms with van der Waals surface area (Å²) in [5.74, 6) is -2.64. The van der Waals surface area contributed by atoms with Crippen LogP contribution in [0, 0.1) is 5.41 Å². The van der Waals surface area contributed by atoms with Crippen LogP contribution in [0.2, 0.25) is 0 Å². The number of hydrogen-bond acceptors (Lipinski definition) is 5. The standard InChI is InChI=1S/C18H27N3O2.C2HF3O2/c1-15(2)20-10-11-23-14-18(12-20)6-3-9-21(13-18)17(22)16-4-7-19-8-5-16;3-2(4,5)1(6)7/h4-5,7-8,15H,3,6,9-14H2,1-2H3;(H,6,7). The van der Waals surface area contributed by atoms with Crippen molar-refractivity contribution in [3.05, 3.63) is 30.1 Å². The van der Waals surface area contributed by atoms with Crippen LogP contribution in [0.5, 0.6) is 0 Å². The van der Waals surface area contributed by atoms with Gasteiger partial charge < -0.3 is 14.7 Å². The number of carbonyl (C=O) groups excluding carboxylic acids is 1. The Morgan fingerprint density at radius 1 is 1.20 bits per heavy atom. The van der Waals surface area contributed by atoms with E-state index in [1.54, 1.807) is 24.5 Å². The van der Waals surface area contributed by atoms with Crippen LogP contribution in [-0.2, 0) is 9.53 Å². The molecule has 1 aromatic heterocycles. The highest BCUT2D eigenvalue weighted by Crippen LogP contribution is 2.34. The number of aliphatic carboxylic acids is 1. The minimum atomic E-state index is -5.08. The van der Waals surface area contributed by atoms with Crippen molar-refractivity contribution in [1.82, 2.24) is 14.8 Å². The average molecular weight is 431 g/mol. The number of rotatable bonds is 2. The molecule has 0 saturated carbocycles. The fraction of sp³-hybridized carbons (Fsp3) is 0.650. The maximum atomic E-state index is 12.8. The van der Waals surface area contributed by atoms with E-state index in [1.165, 1.54) is 0 Å². The van der Waals surface area contributed by atoms with Crippen molar-refractivity contribution >= 4 is 11.9 Å². The number of amides is 1. The Labute approximate surface area is 173 Å². The SMILES string of the molecule is CC(C)N1CCOCC2(CCCN(C(=O)c3ccncc3)C2)C1.O=C(O)C(F)(F)F. The molecular weight excluding hydrogens is 403 g/mol. The van der Waals surface area contributed by atoms with Gasteiger partial charge in [0.2, 0.25) is 0 Å². The minimum Gasteiger partial charge on any atom is -0.475 e. The van der Waals surface area contributed by atoms with Crippen molar-refractivity contribution in [3.63, 3.8) is 0 Å². The van der Waals surface area contributed by atoms with Crippen molar-refractivity contribution in [3.8, 4) is 0 Å². The molecule has 2 fully saturated rings. The van der Waals surface area contributed by atoms with Gasteiger partial charge in [0.15, 0.2) is 0 Å². The van der Waals surface area contributed by atoms with Crippen LogP contribution in [0.15, 0.2) is 24.5 Å². The first-order valence-corrected chi connectivity index (χ1v) is 9.85. The third kappa shape index (κ3) is 6.66.